The standard InChI is InChI=1S/C9H16N2/c1-8(9(2,3)4)11-7-5-6-10-11/h5-8H,1-4H3/t8-/m0/s1. The third-order valence-electron chi connectivity index (χ3n) is 2.18. The van der Waals surface area contributed by atoms with E-state index >= 15 is 0 Å². The molecular weight excluding hydrogens is 136 g/mol. The van der Waals surface area contributed by atoms with Crippen LogP contribution in [0.3, 0.4) is 0 Å². The van der Waals surface area contributed by atoms with Crippen molar-refractivity contribution in [2.24, 2.45) is 5.41 Å². The van der Waals surface area contributed by atoms with Gasteiger partial charge in [0, 0.05) is 12.4 Å². The number of nitrogens with zero attached hydrogens (tertiary/aromatic N) is 2. The fourth-order valence-corrected chi connectivity index (χ4v) is 0.907. The van der Waals surface area contributed by atoms with E-state index in [1.54, 1.807) is 0 Å². The molecule has 0 radical (unpaired) electrons. The van der Waals surface area contributed by atoms with Gasteiger partial charge in [0.1, 0.15) is 0 Å². The zero-order valence-electron chi connectivity index (χ0n) is 7.70. The molecule has 0 amide bonds. The zero-order valence-corrected chi connectivity index (χ0v) is 7.70. The summed E-state index contributed by atoms with van der Waals surface area (Å²) < 4.78 is 2.00. The third kappa shape index (κ3) is 1.82. The molecule has 0 aliphatic carbocycles. The Balaban J connectivity index is 2.78. The fraction of sp³-hybridized carbons (Fsp3) is 0.667. The minimum absolute atomic E-state index is 0.284. The molecule has 11 heavy (non-hydrogen) atoms. The van der Waals surface area contributed by atoms with Gasteiger partial charge in [-0.3, -0.25) is 4.68 Å². The second-order valence-corrected chi connectivity index (χ2v) is 4.03. The Bertz CT molecular complexity index is 206. The summed E-state index contributed by atoms with van der Waals surface area (Å²) in [4.78, 5) is 0. The van der Waals surface area contributed by atoms with Gasteiger partial charge in [0.25, 0.3) is 0 Å². The zero-order chi connectivity index (χ0) is 8.48. The van der Waals surface area contributed by atoms with E-state index < -0.39 is 0 Å². The van der Waals surface area contributed by atoms with E-state index in [-0.39, 0.29) is 5.41 Å². The predicted octanol–water partition coefficient (Wildman–Crippen LogP) is 2.49. The van der Waals surface area contributed by atoms with Gasteiger partial charge in [-0.25, -0.2) is 0 Å². The number of rotatable bonds is 1. The monoisotopic (exact) mass is 152 g/mol. The summed E-state index contributed by atoms with van der Waals surface area (Å²) in [5.41, 5.74) is 0.284. The van der Waals surface area contributed by atoms with Crippen molar-refractivity contribution < 1.29 is 0 Å². The van der Waals surface area contributed by atoms with E-state index in [9.17, 15) is 0 Å². The maximum atomic E-state index is 4.20. The normalized spacial score (nSPS) is 14.9. The van der Waals surface area contributed by atoms with Crippen LogP contribution < -0.4 is 0 Å². The molecule has 1 aromatic rings. The number of aromatic nitrogens is 2. The fourth-order valence-electron chi connectivity index (χ4n) is 0.907. The van der Waals surface area contributed by atoms with E-state index in [4.69, 9.17) is 0 Å². The first kappa shape index (κ1) is 8.31. The van der Waals surface area contributed by atoms with Crippen molar-refractivity contribution in [1.29, 1.82) is 0 Å². The number of hydrogen-bond donors (Lipinski definition) is 0. The van der Waals surface area contributed by atoms with Gasteiger partial charge in [-0.05, 0) is 18.4 Å². The van der Waals surface area contributed by atoms with Crippen LogP contribution in [0, 0.1) is 5.41 Å². The van der Waals surface area contributed by atoms with Gasteiger partial charge >= 0.3 is 0 Å². The Morgan fingerprint density at radius 1 is 1.36 bits per heavy atom. The summed E-state index contributed by atoms with van der Waals surface area (Å²) in [5.74, 6) is 0. The molecule has 0 bridgehead atoms. The highest BCUT2D eigenvalue weighted by molar-refractivity contribution is 4.84. The summed E-state index contributed by atoms with van der Waals surface area (Å²) in [7, 11) is 0. The molecule has 0 aromatic carbocycles. The largest absolute Gasteiger partial charge is 0.269 e. The van der Waals surface area contributed by atoms with Crippen LogP contribution in [0.2, 0.25) is 0 Å². The first-order chi connectivity index (χ1) is 5.02. The van der Waals surface area contributed by atoms with Gasteiger partial charge in [-0.15, -0.1) is 0 Å². The van der Waals surface area contributed by atoms with Crippen molar-refractivity contribution in [2.75, 3.05) is 0 Å². The smallest absolute Gasteiger partial charge is 0.0539 e. The van der Waals surface area contributed by atoms with Gasteiger partial charge in [0.15, 0.2) is 0 Å². The molecule has 1 rings (SSSR count). The third-order valence-corrected chi connectivity index (χ3v) is 2.18. The molecule has 1 aromatic heterocycles. The molecule has 62 valence electrons. The van der Waals surface area contributed by atoms with Crippen LogP contribution >= 0.6 is 0 Å². The van der Waals surface area contributed by atoms with Crippen LogP contribution in [0.4, 0.5) is 0 Å². The molecule has 0 spiro atoms. The molecule has 0 saturated carbocycles. The second-order valence-electron chi connectivity index (χ2n) is 4.03. The molecule has 1 atom stereocenters. The van der Waals surface area contributed by atoms with Gasteiger partial charge in [0.2, 0.25) is 0 Å². The molecule has 0 saturated heterocycles. The van der Waals surface area contributed by atoms with Crippen molar-refractivity contribution >= 4 is 0 Å². The van der Waals surface area contributed by atoms with E-state index in [2.05, 4.69) is 32.8 Å². The molecule has 2 nitrogen and oxygen atoms in total. The van der Waals surface area contributed by atoms with Crippen LogP contribution in [0.15, 0.2) is 18.5 Å². The first-order valence-electron chi connectivity index (χ1n) is 4.01. The summed E-state index contributed by atoms with van der Waals surface area (Å²) in [5, 5.41) is 4.20. The summed E-state index contributed by atoms with van der Waals surface area (Å²) in [6, 6.07) is 2.42. The molecule has 0 N–H and O–H groups in total. The molecule has 0 aliphatic heterocycles. The average molecular weight is 152 g/mol. The molecule has 0 aliphatic rings. The predicted molar refractivity (Wildman–Crippen MR) is 46.4 cm³/mol. The van der Waals surface area contributed by atoms with Gasteiger partial charge in [-0.2, -0.15) is 5.10 Å². The highest BCUT2D eigenvalue weighted by Crippen LogP contribution is 2.28. The minimum Gasteiger partial charge on any atom is -0.269 e. The van der Waals surface area contributed by atoms with Gasteiger partial charge in [0.05, 0.1) is 6.04 Å². The minimum atomic E-state index is 0.284. The topological polar surface area (TPSA) is 17.8 Å². The Morgan fingerprint density at radius 3 is 2.36 bits per heavy atom. The van der Waals surface area contributed by atoms with E-state index in [0.29, 0.717) is 6.04 Å². The molecule has 0 unspecified atom stereocenters. The van der Waals surface area contributed by atoms with Crippen molar-refractivity contribution in [3.8, 4) is 0 Å². The second kappa shape index (κ2) is 2.68. The van der Waals surface area contributed by atoms with E-state index in [0.717, 1.165) is 0 Å². The lowest BCUT2D eigenvalue weighted by atomic mass is 9.88. The lowest BCUT2D eigenvalue weighted by molar-refractivity contribution is 0.244. The van der Waals surface area contributed by atoms with Crippen LogP contribution in [-0.4, -0.2) is 9.78 Å². The SMILES string of the molecule is C[C@H](n1cccn1)C(C)(C)C. The Kier molecular flexibility index (Phi) is 2.03. The maximum absolute atomic E-state index is 4.20. The Hall–Kier alpha value is -0.790. The summed E-state index contributed by atoms with van der Waals surface area (Å²) in [6.07, 6.45) is 3.83. The Morgan fingerprint density at radius 2 is 2.00 bits per heavy atom. The highest BCUT2D eigenvalue weighted by Gasteiger charge is 2.21. The lowest BCUT2D eigenvalue weighted by Gasteiger charge is -2.27. The van der Waals surface area contributed by atoms with E-state index in [1.165, 1.54) is 0 Å². The van der Waals surface area contributed by atoms with Crippen LogP contribution in [0.25, 0.3) is 0 Å². The molecular formula is C9H16N2. The van der Waals surface area contributed by atoms with Crippen molar-refractivity contribution in [1.82, 2.24) is 9.78 Å². The highest BCUT2D eigenvalue weighted by atomic mass is 15.3. The van der Waals surface area contributed by atoms with Crippen molar-refractivity contribution in [3.63, 3.8) is 0 Å². The molecule has 2 heteroatoms. The van der Waals surface area contributed by atoms with Gasteiger partial charge in [-0.1, -0.05) is 20.8 Å². The van der Waals surface area contributed by atoms with Crippen molar-refractivity contribution in [3.05, 3.63) is 18.5 Å². The summed E-state index contributed by atoms with van der Waals surface area (Å²) >= 11 is 0. The quantitative estimate of drug-likeness (QED) is 0.604. The van der Waals surface area contributed by atoms with Crippen LogP contribution in [-0.2, 0) is 0 Å². The Labute approximate surface area is 68.2 Å². The van der Waals surface area contributed by atoms with Gasteiger partial charge < -0.3 is 0 Å². The van der Waals surface area contributed by atoms with Crippen molar-refractivity contribution in [2.45, 2.75) is 33.7 Å². The number of hydrogen-bond acceptors (Lipinski definition) is 1. The summed E-state index contributed by atoms with van der Waals surface area (Å²) in [6.45, 7) is 8.85. The molecule has 1 heterocycles. The van der Waals surface area contributed by atoms with Crippen LogP contribution in [0.5, 0.6) is 0 Å². The lowest BCUT2D eigenvalue weighted by Crippen LogP contribution is -2.21. The maximum Gasteiger partial charge on any atom is 0.0539 e. The van der Waals surface area contributed by atoms with Crippen LogP contribution in [0.1, 0.15) is 33.7 Å². The van der Waals surface area contributed by atoms with E-state index in [1.807, 2.05) is 23.1 Å². The average Bonchev–Trinajstić information content (AvgIpc) is 2.34. The molecule has 0 fully saturated rings. The first-order valence-corrected chi connectivity index (χ1v) is 4.01.